The number of hydrogen-bond donors (Lipinski definition) is 0. The standard InChI is InChI=1S/C25H21N5O4S/c1-3-34-24(31)23-27-29(19-12-9-13-20(16-19)30(32)33)25(35-23)22-15-8-7-14-21(22)17(2)26-28(25)18-10-5-4-6-11-18/h4-16H,3H2,1-2H3/t25-/m0/s1. The van der Waals surface area contributed by atoms with Gasteiger partial charge in [0.2, 0.25) is 10.0 Å². The Labute approximate surface area is 205 Å². The Hall–Kier alpha value is -4.18. The first-order chi connectivity index (χ1) is 17.0. The number of hydrogen-bond acceptors (Lipinski definition) is 9. The predicted octanol–water partition coefficient (Wildman–Crippen LogP) is 5.08. The van der Waals surface area contributed by atoms with Gasteiger partial charge < -0.3 is 4.74 Å². The lowest BCUT2D eigenvalue weighted by atomic mass is 9.98. The molecular formula is C25H21N5O4S. The fourth-order valence-electron chi connectivity index (χ4n) is 4.18. The molecule has 0 unspecified atom stereocenters. The molecule has 0 amide bonds. The normalized spacial score (nSPS) is 18.7. The van der Waals surface area contributed by atoms with Gasteiger partial charge in [-0.15, -0.1) is 0 Å². The second-order valence-electron chi connectivity index (χ2n) is 7.80. The van der Waals surface area contributed by atoms with Crippen molar-refractivity contribution in [3.05, 3.63) is 100 Å². The van der Waals surface area contributed by atoms with Crippen LogP contribution < -0.4 is 10.0 Å². The molecule has 0 saturated carbocycles. The lowest BCUT2D eigenvalue weighted by Gasteiger charge is -2.46. The van der Waals surface area contributed by atoms with E-state index in [4.69, 9.17) is 9.84 Å². The summed E-state index contributed by atoms with van der Waals surface area (Å²) in [6.45, 7) is 3.84. The van der Waals surface area contributed by atoms with Gasteiger partial charge in [-0.2, -0.15) is 10.2 Å². The van der Waals surface area contributed by atoms with Gasteiger partial charge in [0.1, 0.15) is 0 Å². The largest absolute Gasteiger partial charge is 0.461 e. The van der Waals surface area contributed by atoms with E-state index in [9.17, 15) is 14.9 Å². The van der Waals surface area contributed by atoms with E-state index < -0.39 is 15.9 Å². The van der Waals surface area contributed by atoms with Crippen molar-refractivity contribution in [2.75, 3.05) is 16.6 Å². The van der Waals surface area contributed by atoms with Crippen molar-refractivity contribution in [2.24, 2.45) is 10.2 Å². The summed E-state index contributed by atoms with van der Waals surface area (Å²) in [5.41, 5.74) is 3.65. The number of carbonyl (C=O) groups excluding carboxylic acids is 1. The average molecular weight is 488 g/mol. The summed E-state index contributed by atoms with van der Waals surface area (Å²) >= 11 is 1.20. The molecule has 2 aliphatic heterocycles. The third kappa shape index (κ3) is 3.71. The minimum atomic E-state index is -1.17. The summed E-state index contributed by atoms with van der Waals surface area (Å²) in [6.07, 6.45) is 0. The molecule has 9 nitrogen and oxygen atoms in total. The number of nitro benzene ring substituents is 1. The van der Waals surface area contributed by atoms with Crippen molar-refractivity contribution >= 4 is 45.5 Å². The van der Waals surface area contributed by atoms with Gasteiger partial charge in [-0.3, -0.25) is 10.1 Å². The molecule has 10 heteroatoms. The summed E-state index contributed by atoms with van der Waals surface area (Å²) in [6, 6.07) is 23.5. The number of anilines is 2. The first kappa shape index (κ1) is 22.6. The van der Waals surface area contributed by atoms with Crippen LogP contribution in [0.3, 0.4) is 0 Å². The van der Waals surface area contributed by atoms with Crippen LogP contribution in [0, 0.1) is 10.1 Å². The summed E-state index contributed by atoms with van der Waals surface area (Å²) in [5, 5.41) is 24.7. The van der Waals surface area contributed by atoms with Gasteiger partial charge in [0.25, 0.3) is 5.69 Å². The third-order valence-corrected chi connectivity index (χ3v) is 6.95. The molecular weight excluding hydrogens is 466 g/mol. The van der Waals surface area contributed by atoms with E-state index in [2.05, 4.69) is 5.10 Å². The number of non-ortho nitro benzene ring substituents is 1. The lowest BCUT2D eigenvalue weighted by molar-refractivity contribution is -0.384. The molecule has 0 N–H and O–H groups in total. The minimum absolute atomic E-state index is 0.0857. The van der Waals surface area contributed by atoms with E-state index in [0.717, 1.165) is 22.5 Å². The Morgan fingerprint density at radius 2 is 1.69 bits per heavy atom. The molecule has 1 spiro atoms. The highest BCUT2D eigenvalue weighted by molar-refractivity contribution is 8.16. The first-order valence-corrected chi connectivity index (χ1v) is 11.8. The number of esters is 1. The SMILES string of the molecule is CCOC(=O)C1=NN(c2cccc([N+](=O)[O-])c2)[C@]2(S1)c1ccccc1C(C)=NN2c1ccccc1. The Balaban J connectivity index is 1.79. The van der Waals surface area contributed by atoms with Gasteiger partial charge in [0, 0.05) is 23.3 Å². The molecule has 0 bridgehead atoms. The molecule has 176 valence electrons. The number of benzene rings is 3. The number of thioether (sulfide) groups is 1. The van der Waals surface area contributed by atoms with Gasteiger partial charge >= 0.3 is 5.97 Å². The molecule has 0 saturated heterocycles. The molecule has 1 atom stereocenters. The van der Waals surface area contributed by atoms with Gasteiger partial charge in [-0.25, -0.2) is 14.8 Å². The molecule has 35 heavy (non-hydrogen) atoms. The second kappa shape index (κ2) is 8.88. The summed E-state index contributed by atoms with van der Waals surface area (Å²) in [4.78, 5) is 22.8. The zero-order valence-corrected chi connectivity index (χ0v) is 19.8. The van der Waals surface area contributed by atoms with Crippen molar-refractivity contribution in [2.45, 2.75) is 18.8 Å². The molecule has 5 rings (SSSR count). The smallest absolute Gasteiger partial charge is 0.365 e. The molecule has 2 aliphatic rings. The monoisotopic (exact) mass is 487 g/mol. The van der Waals surface area contributed by atoms with Crippen LogP contribution in [-0.4, -0.2) is 28.3 Å². The number of ether oxygens (including phenoxy) is 1. The molecule has 0 aromatic heterocycles. The Morgan fingerprint density at radius 1 is 1.00 bits per heavy atom. The van der Waals surface area contributed by atoms with Crippen LogP contribution in [0.1, 0.15) is 25.0 Å². The topological polar surface area (TPSA) is 101 Å². The Morgan fingerprint density at radius 3 is 2.43 bits per heavy atom. The number of nitrogens with zero attached hydrogens (tertiary/aromatic N) is 5. The number of rotatable bonds is 5. The van der Waals surface area contributed by atoms with Crippen LogP contribution in [-0.2, 0) is 14.5 Å². The number of carbonyl (C=O) groups is 1. The number of fused-ring (bicyclic) bond motifs is 2. The summed E-state index contributed by atoms with van der Waals surface area (Å²) < 4.78 is 5.28. The van der Waals surface area contributed by atoms with Crippen LogP contribution in [0.4, 0.5) is 17.1 Å². The van der Waals surface area contributed by atoms with E-state index in [0.29, 0.717) is 5.69 Å². The van der Waals surface area contributed by atoms with Crippen LogP contribution in [0.25, 0.3) is 0 Å². The average Bonchev–Trinajstić information content (AvgIpc) is 3.28. The van der Waals surface area contributed by atoms with Crippen molar-refractivity contribution in [3.63, 3.8) is 0 Å². The highest BCUT2D eigenvalue weighted by Crippen LogP contribution is 2.54. The summed E-state index contributed by atoms with van der Waals surface area (Å²) in [7, 11) is 0. The maximum atomic E-state index is 12.9. The molecule has 3 aromatic carbocycles. The zero-order valence-electron chi connectivity index (χ0n) is 19.0. The van der Waals surface area contributed by atoms with Crippen molar-refractivity contribution < 1.29 is 14.5 Å². The van der Waals surface area contributed by atoms with Crippen molar-refractivity contribution in [1.82, 2.24) is 0 Å². The Kier molecular flexibility index (Phi) is 5.73. The van der Waals surface area contributed by atoms with E-state index in [1.54, 1.807) is 24.1 Å². The lowest BCUT2D eigenvalue weighted by Crippen LogP contribution is -2.53. The second-order valence-corrected chi connectivity index (χ2v) is 8.96. The third-order valence-electron chi connectivity index (χ3n) is 5.66. The van der Waals surface area contributed by atoms with E-state index in [1.807, 2.05) is 66.5 Å². The summed E-state index contributed by atoms with van der Waals surface area (Å²) in [5.74, 6) is -0.568. The zero-order chi connectivity index (χ0) is 24.6. The Bertz CT molecular complexity index is 1380. The molecule has 0 aliphatic carbocycles. The van der Waals surface area contributed by atoms with Crippen LogP contribution in [0.15, 0.2) is 89.1 Å². The fourth-order valence-corrected chi connectivity index (χ4v) is 5.46. The van der Waals surface area contributed by atoms with Crippen LogP contribution >= 0.6 is 11.8 Å². The maximum absolute atomic E-state index is 12.9. The van der Waals surface area contributed by atoms with Gasteiger partial charge in [-0.05, 0) is 43.8 Å². The quantitative estimate of drug-likeness (QED) is 0.281. The van der Waals surface area contributed by atoms with E-state index >= 15 is 0 Å². The van der Waals surface area contributed by atoms with Gasteiger partial charge in [-0.1, -0.05) is 48.5 Å². The molecule has 2 heterocycles. The van der Waals surface area contributed by atoms with E-state index in [1.165, 1.54) is 23.9 Å². The minimum Gasteiger partial charge on any atom is -0.461 e. The predicted molar refractivity (Wildman–Crippen MR) is 136 cm³/mol. The number of nitro groups is 1. The molecule has 0 radical (unpaired) electrons. The van der Waals surface area contributed by atoms with Crippen molar-refractivity contribution in [3.8, 4) is 0 Å². The molecule has 3 aromatic rings. The fraction of sp³-hybridized carbons (Fsp3) is 0.160. The first-order valence-electron chi connectivity index (χ1n) is 11.0. The molecule has 0 fully saturated rings. The van der Waals surface area contributed by atoms with Crippen LogP contribution in [0.5, 0.6) is 0 Å². The van der Waals surface area contributed by atoms with E-state index in [-0.39, 0.29) is 17.3 Å². The number of hydrazone groups is 2. The number of para-hydroxylation sites is 1. The highest BCUT2D eigenvalue weighted by atomic mass is 32.2. The highest BCUT2D eigenvalue weighted by Gasteiger charge is 2.56. The maximum Gasteiger partial charge on any atom is 0.365 e. The van der Waals surface area contributed by atoms with Gasteiger partial charge in [0.05, 0.1) is 28.6 Å². The van der Waals surface area contributed by atoms with Crippen molar-refractivity contribution in [1.29, 1.82) is 0 Å². The van der Waals surface area contributed by atoms with Crippen LogP contribution in [0.2, 0.25) is 0 Å². The van der Waals surface area contributed by atoms with Gasteiger partial charge in [0.15, 0.2) is 0 Å².